The Bertz CT molecular complexity index is 1340. The average Bonchev–Trinajstić information content (AvgIpc) is 3.18. The standard InChI is InChI=1S/C30H43ClN4O5Si/c1-19-26(20(2)39-34-19)24-16-25(31)33-27(32-24)21-13-12-14-22(15-21)37-18-23(40-41(10,11)30(6,7)8)17-35(9)28(36)38-29(3,4)5/h12-16,23H,17-18H2,1-11H3/t23-/m1/s1. The summed E-state index contributed by atoms with van der Waals surface area (Å²) < 4.78 is 23.8. The summed E-state index contributed by atoms with van der Waals surface area (Å²) in [6.07, 6.45) is -0.777. The number of aromatic nitrogens is 3. The molecule has 224 valence electrons. The van der Waals surface area contributed by atoms with E-state index in [1.54, 1.807) is 18.0 Å². The van der Waals surface area contributed by atoms with E-state index in [9.17, 15) is 4.79 Å². The lowest BCUT2D eigenvalue weighted by molar-refractivity contribution is 0.0172. The molecule has 1 amide bonds. The fourth-order valence-corrected chi connectivity index (χ4v) is 5.39. The zero-order valence-corrected chi connectivity index (χ0v) is 27.8. The fourth-order valence-electron chi connectivity index (χ4n) is 3.87. The minimum absolute atomic E-state index is 0.0154. The summed E-state index contributed by atoms with van der Waals surface area (Å²) >= 11 is 6.39. The smallest absolute Gasteiger partial charge is 0.410 e. The summed E-state index contributed by atoms with van der Waals surface area (Å²) in [7, 11) is -0.461. The van der Waals surface area contributed by atoms with Crippen molar-refractivity contribution in [3.63, 3.8) is 0 Å². The number of nitrogens with zero attached hydrogens (tertiary/aromatic N) is 4. The molecule has 2 heterocycles. The minimum Gasteiger partial charge on any atom is -0.491 e. The topological polar surface area (TPSA) is 99.8 Å². The van der Waals surface area contributed by atoms with E-state index >= 15 is 0 Å². The molecule has 0 aliphatic carbocycles. The first kappa shape index (κ1) is 32.6. The summed E-state index contributed by atoms with van der Waals surface area (Å²) in [4.78, 5) is 23.4. The lowest BCUT2D eigenvalue weighted by Gasteiger charge is -2.40. The number of benzene rings is 1. The van der Waals surface area contributed by atoms with E-state index in [-0.39, 0.29) is 17.7 Å². The molecule has 0 bridgehead atoms. The van der Waals surface area contributed by atoms with E-state index in [2.05, 4.69) is 44.0 Å². The van der Waals surface area contributed by atoms with Crippen LogP contribution in [0, 0.1) is 13.8 Å². The molecule has 41 heavy (non-hydrogen) atoms. The van der Waals surface area contributed by atoms with Crippen LogP contribution < -0.4 is 4.74 Å². The largest absolute Gasteiger partial charge is 0.491 e. The molecule has 11 heteroatoms. The molecule has 3 aromatic rings. The average molecular weight is 603 g/mol. The van der Waals surface area contributed by atoms with Gasteiger partial charge in [-0.25, -0.2) is 14.8 Å². The van der Waals surface area contributed by atoms with E-state index < -0.39 is 20.0 Å². The van der Waals surface area contributed by atoms with Crippen LogP contribution in [0.3, 0.4) is 0 Å². The van der Waals surface area contributed by atoms with Gasteiger partial charge in [-0.2, -0.15) is 0 Å². The SMILES string of the molecule is Cc1noc(C)c1-c1cc(Cl)nc(-c2cccc(OC[C@@H](CN(C)C(=O)OC(C)(C)C)O[Si](C)(C)C(C)(C)C)c2)n1. The van der Waals surface area contributed by atoms with Gasteiger partial charge < -0.3 is 23.3 Å². The molecule has 0 radical (unpaired) electrons. The Morgan fingerprint density at radius 2 is 1.78 bits per heavy atom. The molecule has 3 rings (SSSR count). The lowest BCUT2D eigenvalue weighted by Crippen LogP contribution is -2.49. The molecule has 1 atom stereocenters. The van der Waals surface area contributed by atoms with Crippen LogP contribution in [0.1, 0.15) is 53.0 Å². The van der Waals surface area contributed by atoms with Crippen molar-refractivity contribution in [1.29, 1.82) is 0 Å². The van der Waals surface area contributed by atoms with Crippen molar-refractivity contribution in [3.05, 3.63) is 46.9 Å². The monoisotopic (exact) mass is 602 g/mol. The maximum Gasteiger partial charge on any atom is 0.410 e. The maximum absolute atomic E-state index is 12.7. The molecule has 0 spiro atoms. The van der Waals surface area contributed by atoms with E-state index in [1.807, 2.05) is 58.9 Å². The van der Waals surface area contributed by atoms with Gasteiger partial charge in [-0.05, 0) is 64.9 Å². The highest BCUT2D eigenvalue weighted by atomic mass is 35.5. The van der Waals surface area contributed by atoms with Crippen molar-refractivity contribution >= 4 is 26.0 Å². The summed E-state index contributed by atoms with van der Waals surface area (Å²) in [5, 5.41) is 4.32. The van der Waals surface area contributed by atoms with Gasteiger partial charge in [0.15, 0.2) is 14.1 Å². The summed E-state index contributed by atoms with van der Waals surface area (Å²) in [6, 6.07) is 9.20. The second-order valence-corrected chi connectivity index (χ2v) is 17.9. The predicted molar refractivity (Wildman–Crippen MR) is 164 cm³/mol. The Kier molecular flexibility index (Phi) is 9.93. The first-order chi connectivity index (χ1) is 18.9. The number of carbonyl (C=O) groups excluding carboxylic acids is 1. The molecule has 9 nitrogen and oxygen atoms in total. The van der Waals surface area contributed by atoms with Crippen LogP contribution in [0.15, 0.2) is 34.9 Å². The van der Waals surface area contributed by atoms with Crippen LogP contribution in [0.25, 0.3) is 22.6 Å². The van der Waals surface area contributed by atoms with Crippen LogP contribution in [-0.2, 0) is 9.16 Å². The van der Waals surface area contributed by atoms with Crippen molar-refractivity contribution < 1.29 is 23.2 Å². The first-order valence-electron chi connectivity index (χ1n) is 13.7. The van der Waals surface area contributed by atoms with Gasteiger partial charge >= 0.3 is 6.09 Å². The highest BCUT2D eigenvalue weighted by molar-refractivity contribution is 6.74. The predicted octanol–water partition coefficient (Wildman–Crippen LogP) is 7.70. The number of ether oxygens (including phenoxy) is 2. The fraction of sp³-hybridized carbons (Fsp3) is 0.533. The van der Waals surface area contributed by atoms with Crippen LogP contribution in [0.2, 0.25) is 23.3 Å². The molecule has 0 aliphatic heterocycles. The minimum atomic E-state index is -2.17. The van der Waals surface area contributed by atoms with E-state index in [4.69, 9.17) is 35.0 Å². The van der Waals surface area contributed by atoms with Crippen LogP contribution in [-0.4, -0.2) is 66.3 Å². The summed E-state index contributed by atoms with van der Waals surface area (Å²) in [6.45, 7) is 20.7. The second kappa shape index (κ2) is 12.5. The normalized spacial score (nSPS) is 13.2. The highest BCUT2D eigenvalue weighted by Gasteiger charge is 2.40. The molecule has 0 unspecified atom stereocenters. The second-order valence-electron chi connectivity index (χ2n) is 12.8. The van der Waals surface area contributed by atoms with Crippen molar-refractivity contribution in [2.45, 2.75) is 85.2 Å². The van der Waals surface area contributed by atoms with E-state index in [1.165, 1.54) is 0 Å². The van der Waals surface area contributed by atoms with Gasteiger partial charge in [-0.15, -0.1) is 0 Å². The molecule has 0 fully saturated rings. The number of aryl methyl sites for hydroxylation is 2. The molecular weight excluding hydrogens is 560 g/mol. The Morgan fingerprint density at radius 3 is 2.37 bits per heavy atom. The Balaban J connectivity index is 1.83. The molecule has 0 N–H and O–H groups in total. The number of hydrogen-bond donors (Lipinski definition) is 0. The number of halogens is 1. The van der Waals surface area contributed by atoms with Crippen LogP contribution in [0.5, 0.6) is 5.75 Å². The van der Waals surface area contributed by atoms with Crippen molar-refractivity contribution in [2.24, 2.45) is 0 Å². The molecule has 2 aromatic heterocycles. The zero-order chi connectivity index (χ0) is 30.8. The number of carbonyl (C=O) groups is 1. The van der Waals surface area contributed by atoms with Crippen molar-refractivity contribution in [2.75, 3.05) is 20.2 Å². The quantitative estimate of drug-likeness (QED) is 0.181. The third-order valence-corrected chi connectivity index (χ3v) is 11.7. The van der Waals surface area contributed by atoms with Gasteiger partial charge in [0.05, 0.1) is 29.6 Å². The van der Waals surface area contributed by atoms with E-state index in [0.717, 1.165) is 16.8 Å². The molecule has 0 saturated heterocycles. The number of likely N-dealkylation sites (N-methyl/N-ethyl adjacent to an activating group) is 1. The van der Waals surface area contributed by atoms with Gasteiger partial charge in [0.2, 0.25) is 0 Å². The lowest BCUT2D eigenvalue weighted by atomic mass is 10.1. The maximum atomic E-state index is 12.7. The molecular formula is C30H43ClN4O5Si. The first-order valence-corrected chi connectivity index (χ1v) is 17.0. The number of rotatable bonds is 9. The zero-order valence-electron chi connectivity index (χ0n) is 26.1. The van der Waals surface area contributed by atoms with Gasteiger partial charge in [0.25, 0.3) is 0 Å². The summed E-state index contributed by atoms with van der Waals surface area (Å²) in [5.74, 6) is 1.73. The van der Waals surface area contributed by atoms with Gasteiger partial charge in [-0.3, -0.25) is 0 Å². The van der Waals surface area contributed by atoms with E-state index in [0.29, 0.717) is 34.7 Å². The Hall–Kier alpha value is -2.95. The Labute approximate surface area is 249 Å². The molecule has 1 aromatic carbocycles. The third-order valence-electron chi connectivity index (χ3n) is 6.96. The molecule has 0 saturated carbocycles. The van der Waals surface area contributed by atoms with Crippen molar-refractivity contribution in [1.82, 2.24) is 20.0 Å². The van der Waals surface area contributed by atoms with Crippen molar-refractivity contribution in [3.8, 4) is 28.4 Å². The van der Waals surface area contributed by atoms with Crippen LogP contribution in [0.4, 0.5) is 4.79 Å². The van der Waals surface area contributed by atoms with Gasteiger partial charge in [0.1, 0.15) is 28.9 Å². The highest BCUT2D eigenvalue weighted by Crippen LogP contribution is 2.37. The number of amides is 1. The summed E-state index contributed by atoms with van der Waals surface area (Å²) in [5.41, 5.74) is 2.31. The van der Waals surface area contributed by atoms with Gasteiger partial charge in [0, 0.05) is 18.7 Å². The Morgan fingerprint density at radius 1 is 1.10 bits per heavy atom. The number of hydrogen-bond acceptors (Lipinski definition) is 8. The van der Waals surface area contributed by atoms with Crippen LogP contribution >= 0.6 is 11.6 Å². The third kappa shape index (κ3) is 8.77. The van der Waals surface area contributed by atoms with Gasteiger partial charge in [-0.1, -0.05) is 49.7 Å². The molecule has 0 aliphatic rings.